The van der Waals surface area contributed by atoms with E-state index in [1.54, 1.807) is 0 Å². The van der Waals surface area contributed by atoms with Crippen molar-refractivity contribution in [1.29, 1.82) is 0 Å². The van der Waals surface area contributed by atoms with Crippen LogP contribution in [-0.4, -0.2) is 62.3 Å². The molecule has 0 bridgehead atoms. The highest BCUT2D eigenvalue weighted by atomic mass is 16.6. The summed E-state index contributed by atoms with van der Waals surface area (Å²) >= 11 is 0. The Kier molecular flexibility index (Phi) is 31.3. The van der Waals surface area contributed by atoms with E-state index in [0.29, 0.717) is 19.3 Å². The molecule has 0 spiro atoms. The van der Waals surface area contributed by atoms with Crippen molar-refractivity contribution in [3.8, 4) is 0 Å². The molecule has 0 aromatic rings. The second-order valence-corrected chi connectivity index (χ2v) is 14.5. The SMILES string of the molecule is CCCCCCCCCCCCCC(=O)OCC(COC(=O)CCCCCCCCCCCCC)COC(=O)CCCCCN1CCC1. The number of rotatable bonds is 36. The normalized spacial score (nSPS) is 13.1. The second kappa shape index (κ2) is 33.8. The van der Waals surface area contributed by atoms with Gasteiger partial charge >= 0.3 is 17.9 Å². The van der Waals surface area contributed by atoms with E-state index < -0.39 is 0 Å². The molecule has 1 aliphatic rings. The fourth-order valence-corrected chi connectivity index (χ4v) is 6.25. The molecular formula is C41H77NO6. The average molecular weight is 680 g/mol. The Morgan fingerprint density at radius 1 is 0.438 bits per heavy atom. The van der Waals surface area contributed by atoms with E-state index in [9.17, 15) is 14.4 Å². The maximum Gasteiger partial charge on any atom is 0.305 e. The third-order valence-corrected chi connectivity index (χ3v) is 9.71. The first-order chi connectivity index (χ1) is 23.5. The third kappa shape index (κ3) is 29.3. The quantitative estimate of drug-likeness (QED) is 0.0370. The molecular weight excluding hydrogens is 602 g/mol. The van der Waals surface area contributed by atoms with Crippen molar-refractivity contribution in [2.45, 2.75) is 200 Å². The third-order valence-electron chi connectivity index (χ3n) is 9.71. The smallest absolute Gasteiger partial charge is 0.305 e. The summed E-state index contributed by atoms with van der Waals surface area (Å²) in [5.74, 6) is -1.03. The molecule has 1 aliphatic heterocycles. The number of hydrogen-bond donors (Lipinski definition) is 0. The number of carbonyl (C=O) groups excluding carboxylic acids is 3. The first-order valence-electron chi connectivity index (χ1n) is 20.7. The van der Waals surface area contributed by atoms with E-state index in [2.05, 4.69) is 18.7 Å². The van der Waals surface area contributed by atoms with Crippen LogP contribution >= 0.6 is 0 Å². The average Bonchev–Trinajstić information content (AvgIpc) is 3.06. The maximum absolute atomic E-state index is 12.4. The summed E-state index contributed by atoms with van der Waals surface area (Å²) in [6, 6.07) is 0. The minimum absolute atomic E-state index is 0.101. The van der Waals surface area contributed by atoms with Gasteiger partial charge in [0.15, 0.2) is 0 Å². The van der Waals surface area contributed by atoms with E-state index in [1.807, 2.05) is 0 Å². The van der Waals surface area contributed by atoms with Crippen LogP contribution < -0.4 is 0 Å². The first kappa shape index (κ1) is 44.4. The van der Waals surface area contributed by atoms with Crippen LogP contribution in [0, 0.1) is 5.92 Å². The topological polar surface area (TPSA) is 82.1 Å². The van der Waals surface area contributed by atoms with E-state index in [-0.39, 0.29) is 43.6 Å². The molecule has 1 rings (SSSR count). The van der Waals surface area contributed by atoms with Gasteiger partial charge in [-0.05, 0) is 51.7 Å². The van der Waals surface area contributed by atoms with Crippen molar-refractivity contribution in [2.24, 2.45) is 5.92 Å². The largest absolute Gasteiger partial charge is 0.465 e. The lowest BCUT2D eigenvalue weighted by Gasteiger charge is -2.30. The van der Waals surface area contributed by atoms with Crippen LogP contribution in [-0.2, 0) is 28.6 Å². The number of ether oxygens (including phenoxy) is 3. The van der Waals surface area contributed by atoms with Crippen LogP contribution in [0.1, 0.15) is 200 Å². The van der Waals surface area contributed by atoms with Crippen LogP contribution in [0.25, 0.3) is 0 Å². The highest BCUT2D eigenvalue weighted by Crippen LogP contribution is 2.15. The molecule has 1 heterocycles. The lowest BCUT2D eigenvalue weighted by Crippen LogP contribution is -2.37. The molecule has 48 heavy (non-hydrogen) atoms. The molecule has 0 atom stereocenters. The molecule has 1 fully saturated rings. The summed E-state index contributed by atoms with van der Waals surface area (Å²) < 4.78 is 16.7. The molecule has 0 unspecified atom stereocenters. The molecule has 0 aromatic carbocycles. The van der Waals surface area contributed by atoms with Gasteiger partial charge in [0, 0.05) is 19.3 Å². The standard InChI is InChI=1S/C41H77NO6/c1-3-5-7-9-11-13-15-17-19-21-24-29-39(43)46-35-38(37-48-41(45)31-26-23-27-32-42-33-28-34-42)36-47-40(44)30-25-22-20-18-16-14-12-10-8-6-4-2/h38H,3-37H2,1-2H3. The lowest BCUT2D eigenvalue weighted by molar-refractivity contribution is -0.153. The molecule has 0 amide bonds. The van der Waals surface area contributed by atoms with Crippen molar-refractivity contribution in [3.63, 3.8) is 0 Å². The maximum atomic E-state index is 12.4. The predicted octanol–water partition coefficient (Wildman–Crippen LogP) is 10.9. The molecule has 0 saturated carbocycles. The van der Waals surface area contributed by atoms with Crippen LogP contribution in [0.5, 0.6) is 0 Å². The Morgan fingerprint density at radius 2 is 0.729 bits per heavy atom. The Bertz CT molecular complexity index is 713. The molecule has 1 saturated heterocycles. The molecule has 282 valence electrons. The van der Waals surface area contributed by atoms with Crippen molar-refractivity contribution >= 4 is 17.9 Å². The molecule has 0 N–H and O–H groups in total. The number of unbranched alkanes of at least 4 members (excludes halogenated alkanes) is 22. The fraction of sp³-hybridized carbons (Fsp3) is 0.927. The summed E-state index contributed by atoms with van der Waals surface area (Å²) in [5.41, 5.74) is 0. The highest BCUT2D eigenvalue weighted by Gasteiger charge is 2.18. The Balaban J connectivity index is 2.24. The van der Waals surface area contributed by atoms with Gasteiger partial charge in [-0.2, -0.15) is 0 Å². The van der Waals surface area contributed by atoms with Crippen molar-refractivity contribution in [3.05, 3.63) is 0 Å². The van der Waals surface area contributed by atoms with Gasteiger partial charge in [-0.3, -0.25) is 14.4 Å². The number of likely N-dealkylation sites (tertiary alicyclic amines) is 1. The van der Waals surface area contributed by atoms with E-state index in [1.165, 1.54) is 122 Å². The van der Waals surface area contributed by atoms with Crippen LogP contribution in [0.4, 0.5) is 0 Å². The fourth-order valence-electron chi connectivity index (χ4n) is 6.25. The Labute approximate surface area is 296 Å². The highest BCUT2D eigenvalue weighted by molar-refractivity contribution is 5.70. The van der Waals surface area contributed by atoms with Gasteiger partial charge in [0.25, 0.3) is 0 Å². The molecule has 7 nitrogen and oxygen atoms in total. The number of nitrogens with zero attached hydrogens (tertiary/aromatic N) is 1. The number of hydrogen-bond acceptors (Lipinski definition) is 7. The van der Waals surface area contributed by atoms with Gasteiger partial charge in [0.1, 0.15) is 19.8 Å². The monoisotopic (exact) mass is 680 g/mol. The number of carbonyl (C=O) groups is 3. The molecule has 0 aliphatic carbocycles. The summed E-state index contributed by atoms with van der Waals surface area (Å²) in [6.45, 7) is 8.34. The van der Waals surface area contributed by atoms with Gasteiger partial charge in [0.2, 0.25) is 0 Å². The van der Waals surface area contributed by atoms with Crippen LogP contribution in [0.2, 0.25) is 0 Å². The van der Waals surface area contributed by atoms with Gasteiger partial charge in [0.05, 0.1) is 5.92 Å². The van der Waals surface area contributed by atoms with E-state index >= 15 is 0 Å². The zero-order chi connectivity index (χ0) is 34.8. The summed E-state index contributed by atoms with van der Waals surface area (Å²) in [7, 11) is 0. The van der Waals surface area contributed by atoms with Gasteiger partial charge in [-0.25, -0.2) is 0 Å². The Hall–Kier alpha value is -1.63. The molecule has 0 aromatic heterocycles. The van der Waals surface area contributed by atoms with Crippen molar-refractivity contribution < 1.29 is 28.6 Å². The minimum atomic E-state index is -0.345. The van der Waals surface area contributed by atoms with Crippen molar-refractivity contribution in [1.82, 2.24) is 4.90 Å². The Morgan fingerprint density at radius 3 is 1.02 bits per heavy atom. The summed E-state index contributed by atoms with van der Waals surface area (Å²) in [5, 5.41) is 0. The van der Waals surface area contributed by atoms with Gasteiger partial charge in [-0.15, -0.1) is 0 Å². The second-order valence-electron chi connectivity index (χ2n) is 14.5. The summed E-state index contributed by atoms with van der Waals surface area (Å²) in [6.07, 6.45) is 32.6. The van der Waals surface area contributed by atoms with E-state index in [4.69, 9.17) is 14.2 Å². The van der Waals surface area contributed by atoms with E-state index in [0.717, 1.165) is 64.3 Å². The molecule has 7 heteroatoms. The minimum Gasteiger partial charge on any atom is -0.465 e. The number of esters is 3. The van der Waals surface area contributed by atoms with Crippen LogP contribution in [0.3, 0.4) is 0 Å². The molecule has 0 radical (unpaired) electrons. The van der Waals surface area contributed by atoms with Crippen LogP contribution in [0.15, 0.2) is 0 Å². The summed E-state index contributed by atoms with van der Waals surface area (Å²) in [4.78, 5) is 39.7. The first-order valence-corrected chi connectivity index (χ1v) is 20.7. The lowest BCUT2D eigenvalue weighted by atomic mass is 10.1. The van der Waals surface area contributed by atoms with Crippen molar-refractivity contribution in [2.75, 3.05) is 39.5 Å². The van der Waals surface area contributed by atoms with Gasteiger partial charge in [-0.1, -0.05) is 149 Å². The zero-order valence-corrected chi connectivity index (χ0v) is 31.7. The zero-order valence-electron chi connectivity index (χ0n) is 31.7. The van der Waals surface area contributed by atoms with Gasteiger partial charge < -0.3 is 19.1 Å². The predicted molar refractivity (Wildman–Crippen MR) is 198 cm³/mol.